The quantitative estimate of drug-likeness (QED) is 0.728. The smallest absolute Gasteiger partial charge is 0.141 e. The first-order valence-corrected chi connectivity index (χ1v) is 5.26. The van der Waals surface area contributed by atoms with Gasteiger partial charge in [-0.1, -0.05) is 24.3 Å². The van der Waals surface area contributed by atoms with Gasteiger partial charge >= 0.3 is 0 Å². The molecule has 2 nitrogen and oxygen atoms in total. The summed E-state index contributed by atoms with van der Waals surface area (Å²) >= 11 is 0. The van der Waals surface area contributed by atoms with Crippen molar-refractivity contribution < 1.29 is 4.79 Å². The lowest BCUT2D eigenvalue weighted by Crippen LogP contribution is -2.01. The first kappa shape index (κ1) is 10.6. The molecule has 0 atom stereocenters. The number of allylic oxidation sites excluding steroid dienone is 1. The molecule has 0 bridgehead atoms. The van der Waals surface area contributed by atoms with Crippen LogP contribution in [0, 0.1) is 0 Å². The number of aromatic nitrogens is 1. The van der Waals surface area contributed by atoms with Crippen LogP contribution in [-0.2, 0) is 11.2 Å². The highest BCUT2D eigenvalue weighted by Gasteiger charge is 2.05. The Labute approximate surface area is 94.6 Å². The minimum atomic E-state index is 0.186. The summed E-state index contributed by atoms with van der Waals surface area (Å²) in [6, 6.07) is 9.77. The molecular weight excluding hydrogens is 198 g/mol. The van der Waals surface area contributed by atoms with Gasteiger partial charge in [-0.05, 0) is 17.7 Å². The Morgan fingerprint density at radius 2 is 2.12 bits per heavy atom. The minimum Gasteiger partial charge on any atom is -0.299 e. The standard InChI is InChI=1S/C14H13NO/c1-2-5-12(16)10-11-8-9-15-14-7-4-3-6-13(11)14/h2-4,6-9H,1,5,10H2. The normalized spacial score (nSPS) is 10.2. The maximum Gasteiger partial charge on any atom is 0.141 e. The van der Waals surface area contributed by atoms with E-state index in [4.69, 9.17) is 0 Å². The van der Waals surface area contributed by atoms with E-state index in [-0.39, 0.29) is 5.78 Å². The number of pyridine rings is 1. The molecule has 2 heteroatoms. The Bertz CT molecular complexity index is 526. The van der Waals surface area contributed by atoms with Crippen molar-refractivity contribution >= 4 is 16.7 Å². The summed E-state index contributed by atoms with van der Waals surface area (Å²) in [5, 5.41) is 1.06. The summed E-state index contributed by atoms with van der Waals surface area (Å²) in [5.74, 6) is 0.186. The Hall–Kier alpha value is -1.96. The molecule has 2 rings (SSSR count). The van der Waals surface area contributed by atoms with Gasteiger partial charge in [0.25, 0.3) is 0 Å². The topological polar surface area (TPSA) is 30.0 Å². The first-order valence-electron chi connectivity index (χ1n) is 5.26. The van der Waals surface area contributed by atoms with Gasteiger partial charge in [0.15, 0.2) is 0 Å². The monoisotopic (exact) mass is 211 g/mol. The molecular formula is C14H13NO. The average molecular weight is 211 g/mol. The van der Waals surface area contributed by atoms with Crippen LogP contribution in [-0.4, -0.2) is 10.8 Å². The second-order valence-electron chi connectivity index (χ2n) is 3.70. The van der Waals surface area contributed by atoms with Crippen LogP contribution in [0.3, 0.4) is 0 Å². The summed E-state index contributed by atoms with van der Waals surface area (Å²) in [7, 11) is 0. The maximum absolute atomic E-state index is 11.6. The lowest BCUT2D eigenvalue weighted by atomic mass is 10.0. The Morgan fingerprint density at radius 3 is 2.94 bits per heavy atom. The van der Waals surface area contributed by atoms with Crippen LogP contribution in [0.5, 0.6) is 0 Å². The number of hydrogen-bond acceptors (Lipinski definition) is 2. The number of rotatable bonds is 4. The predicted molar refractivity (Wildman–Crippen MR) is 65.3 cm³/mol. The zero-order chi connectivity index (χ0) is 11.4. The van der Waals surface area contributed by atoms with E-state index in [1.165, 1.54) is 0 Å². The molecule has 0 aliphatic heterocycles. The fourth-order valence-electron chi connectivity index (χ4n) is 1.75. The van der Waals surface area contributed by atoms with E-state index >= 15 is 0 Å². The van der Waals surface area contributed by atoms with Crippen LogP contribution in [0.4, 0.5) is 0 Å². The van der Waals surface area contributed by atoms with E-state index in [1.807, 2.05) is 30.3 Å². The molecule has 0 saturated carbocycles. The lowest BCUT2D eigenvalue weighted by Gasteiger charge is -2.04. The highest BCUT2D eigenvalue weighted by Crippen LogP contribution is 2.17. The van der Waals surface area contributed by atoms with Crippen LogP contribution in [0.1, 0.15) is 12.0 Å². The summed E-state index contributed by atoms with van der Waals surface area (Å²) < 4.78 is 0. The van der Waals surface area contributed by atoms with Crippen molar-refractivity contribution in [2.75, 3.05) is 0 Å². The Morgan fingerprint density at radius 1 is 1.31 bits per heavy atom. The van der Waals surface area contributed by atoms with Crippen LogP contribution in [0.15, 0.2) is 49.2 Å². The van der Waals surface area contributed by atoms with Gasteiger partial charge in [0.2, 0.25) is 0 Å². The third-order valence-electron chi connectivity index (χ3n) is 2.50. The highest BCUT2D eigenvalue weighted by molar-refractivity contribution is 5.89. The maximum atomic E-state index is 11.6. The number of hydrogen-bond donors (Lipinski definition) is 0. The summed E-state index contributed by atoms with van der Waals surface area (Å²) in [6.45, 7) is 3.57. The molecule has 0 aliphatic carbocycles. The molecule has 2 aromatic rings. The number of para-hydroxylation sites is 1. The van der Waals surface area contributed by atoms with Gasteiger partial charge in [-0.15, -0.1) is 6.58 Å². The van der Waals surface area contributed by atoms with E-state index in [0.717, 1.165) is 16.5 Å². The number of benzene rings is 1. The van der Waals surface area contributed by atoms with Gasteiger partial charge < -0.3 is 0 Å². The van der Waals surface area contributed by atoms with E-state index < -0.39 is 0 Å². The van der Waals surface area contributed by atoms with Crippen LogP contribution in [0.25, 0.3) is 10.9 Å². The molecule has 0 spiro atoms. The Kier molecular flexibility index (Phi) is 3.10. The third-order valence-corrected chi connectivity index (χ3v) is 2.50. The third kappa shape index (κ3) is 2.16. The van der Waals surface area contributed by atoms with E-state index in [2.05, 4.69) is 11.6 Å². The van der Waals surface area contributed by atoms with Gasteiger partial charge in [-0.3, -0.25) is 9.78 Å². The number of fused-ring (bicyclic) bond motifs is 1. The van der Waals surface area contributed by atoms with Crippen molar-refractivity contribution in [2.45, 2.75) is 12.8 Å². The molecule has 1 aromatic carbocycles. The van der Waals surface area contributed by atoms with Crippen LogP contribution in [0.2, 0.25) is 0 Å². The van der Waals surface area contributed by atoms with Crippen molar-refractivity contribution in [3.05, 3.63) is 54.7 Å². The largest absolute Gasteiger partial charge is 0.299 e. The molecule has 80 valence electrons. The molecule has 0 fully saturated rings. The zero-order valence-electron chi connectivity index (χ0n) is 9.02. The second-order valence-corrected chi connectivity index (χ2v) is 3.70. The molecule has 0 unspecified atom stereocenters. The van der Waals surface area contributed by atoms with Gasteiger partial charge in [0, 0.05) is 24.4 Å². The highest BCUT2D eigenvalue weighted by atomic mass is 16.1. The molecule has 1 aromatic heterocycles. The van der Waals surface area contributed by atoms with Crippen molar-refractivity contribution in [2.24, 2.45) is 0 Å². The Balaban J connectivity index is 2.37. The molecule has 0 saturated heterocycles. The first-order chi connectivity index (χ1) is 7.81. The van der Waals surface area contributed by atoms with Crippen molar-refractivity contribution in [1.29, 1.82) is 0 Å². The molecule has 0 aliphatic rings. The van der Waals surface area contributed by atoms with Crippen molar-refractivity contribution in [1.82, 2.24) is 4.98 Å². The van der Waals surface area contributed by atoms with Gasteiger partial charge in [0.05, 0.1) is 5.52 Å². The van der Waals surface area contributed by atoms with E-state index in [0.29, 0.717) is 12.8 Å². The van der Waals surface area contributed by atoms with Gasteiger partial charge in [-0.25, -0.2) is 0 Å². The average Bonchev–Trinajstić information content (AvgIpc) is 2.30. The number of ketones is 1. The molecule has 0 amide bonds. The van der Waals surface area contributed by atoms with E-state index in [1.54, 1.807) is 12.3 Å². The van der Waals surface area contributed by atoms with Crippen molar-refractivity contribution in [3.63, 3.8) is 0 Å². The number of carbonyl (C=O) groups excluding carboxylic acids is 1. The van der Waals surface area contributed by atoms with E-state index in [9.17, 15) is 4.79 Å². The predicted octanol–water partition coefficient (Wildman–Crippen LogP) is 2.92. The zero-order valence-corrected chi connectivity index (χ0v) is 9.02. The fourth-order valence-corrected chi connectivity index (χ4v) is 1.75. The summed E-state index contributed by atoms with van der Waals surface area (Å²) in [5.41, 5.74) is 1.98. The molecule has 1 heterocycles. The lowest BCUT2D eigenvalue weighted by molar-refractivity contribution is -0.117. The molecule has 0 radical (unpaired) electrons. The molecule has 0 N–H and O–H groups in total. The van der Waals surface area contributed by atoms with Crippen LogP contribution < -0.4 is 0 Å². The van der Waals surface area contributed by atoms with Gasteiger partial charge in [-0.2, -0.15) is 0 Å². The van der Waals surface area contributed by atoms with Crippen molar-refractivity contribution in [3.8, 4) is 0 Å². The fraction of sp³-hybridized carbons (Fsp3) is 0.143. The summed E-state index contributed by atoms with van der Waals surface area (Å²) in [6.07, 6.45) is 4.27. The second kappa shape index (κ2) is 4.71. The van der Waals surface area contributed by atoms with Gasteiger partial charge in [0.1, 0.15) is 5.78 Å². The minimum absolute atomic E-state index is 0.186. The number of carbonyl (C=O) groups is 1. The number of Topliss-reactive ketones (excluding diaryl/α,β-unsaturated/α-hetero) is 1. The van der Waals surface area contributed by atoms with Crippen LogP contribution >= 0.6 is 0 Å². The summed E-state index contributed by atoms with van der Waals surface area (Å²) in [4.78, 5) is 15.8. The SMILES string of the molecule is C=CCC(=O)Cc1ccnc2ccccc12. The molecule has 16 heavy (non-hydrogen) atoms. The number of nitrogens with zero attached hydrogens (tertiary/aromatic N) is 1.